The van der Waals surface area contributed by atoms with Crippen LogP contribution in [0.5, 0.6) is 5.75 Å². The number of anilines is 2. The molecular formula is C19H22ClN3O2. The lowest BCUT2D eigenvalue weighted by Gasteiger charge is -2.21. The molecule has 0 aliphatic carbocycles. The number of carbonyl (C=O) groups is 1. The van der Waals surface area contributed by atoms with Crippen LogP contribution >= 0.6 is 11.6 Å². The lowest BCUT2D eigenvalue weighted by atomic mass is 10.2. The van der Waals surface area contributed by atoms with E-state index in [1.807, 2.05) is 12.1 Å². The van der Waals surface area contributed by atoms with Gasteiger partial charge in [-0.25, -0.2) is 4.98 Å². The Labute approximate surface area is 153 Å². The fourth-order valence-corrected chi connectivity index (χ4v) is 3.22. The molecule has 2 aromatic rings. The number of benzene rings is 1. The molecule has 0 spiro atoms. The predicted octanol–water partition coefficient (Wildman–Crippen LogP) is 4.38. The molecule has 0 unspecified atom stereocenters. The summed E-state index contributed by atoms with van der Waals surface area (Å²) in [5.74, 6) is 1.18. The fourth-order valence-electron chi connectivity index (χ4n) is 2.96. The van der Waals surface area contributed by atoms with Gasteiger partial charge in [0, 0.05) is 18.8 Å². The average molecular weight is 360 g/mol. The summed E-state index contributed by atoms with van der Waals surface area (Å²) in [5, 5.41) is 3.28. The zero-order valence-corrected chi connectivity index (χ0v) is 15.1. The zero-order valence-electron chi connectivity index (χ0n) is 14.3. The monoisotopic (exact) mass is 359 g/mol. The van der Waals surface area contributed by atoms with Gasteiger partial charge in [0.15, 0.2) is 0 Å². The van der Waals surface area contributed by atoms with Crippen molar-refractivity contribution in [3.05, 3.63) is 47.1 Å². The third-order valence-electron chi connectivity index (χ3n) is 4.31. The van der Waals surface area contributed by atoms with Crippen LogP contribution in [-0.4, -0.2) is 31.1 Å². The van der Waals surface area contributed by atoms with E-state index in [0.717, 1.165) is 18.9 Å². The van der Waals surface area contributed by atoms with Crippen molar-refractivity contribution in [3.8, 4) is 5.75 Å². The molecule has 1 aromatic carbocycles. The van der Waals surface area contributed by atoms with Crippen LogP contribution in [0.15, 0.2) is 36.4 Å². The fraction of sp³-hybridized carbons (Fsp3) is 0.368. The molecule has 1 N–H and O–H groups in total. The standard InChI is InChI=1S/C19H22ClN3O2/c1-25-17-10-9-14(13-15(17)20)21-19(24)16-7-6-8-18(22-16)23-11-4-2-3-5-12-23/h6-10,13H,2-5,11-12H2,1H3,(H,21,24). The summed E-state index contributed by atoms with van der Waals surface area (Å²) in [6.45, 7) is 1.98. The van der Waals surface area contributed by atoms with Crippen molar-refractivity contribution in [3.63, 3.8) is 0 Å². The van der Waals surface area contributed by atoms with Crippen LogP contribution < -0.4 is 15.0 Å². The van der Waals surface area contributed by atoms with E-state index in [1.54, 1.807) is 31.4 Å². The highest BCUT2D eigenvalue weighted by Crippen LogP contribution is 2.27. The summed E-state index contributed by atoms with van der Waals surface area (Å²) in [5.41, 5.74) is 1.01. The third kappa shape index (κ3) is 4.42. The Hall–Kier alpha value is -2.27. The van der Waals surface area contributed by atoms with Crippen LogP contribution in [0.2, 0.25) is 5.02 Å². The van der Waals surface area contributed by atoms with Crippen molar-refractivity contribution in [1.29, 1.82) is 0 Å². The van der Waals surface area contributed by atoms with E-state index in [0.29, 0.717) is 22.2 Å². The number of nitrogens with one attached hydrogen (secondary N) is 1. The largest absolute Gasteiger partial charge is 0.495 e. The molecule has 1 saturated heterocycles. The number of amides is 1. The second kappa shape index (κ2) is 8.21. The van der Waals surface area contributed by atoms with Crippen LogP contribution in [-0.2, 0) is 0 Å². The number of ether oxygens (including phenoxy) is 1. The minimum Gasteiger partial charge on any atom is -0.495 e. The minimum absolute atomic E-state index is 0.252. The molecule has 1 amide bonds. The molecule has 2 heterocycles. The summed E-state index contributed by atoms with van der Waals surface area (Å²) >= 11 is 6.10. The Morgan fingerprint density at radius 2 is 1.92 bits per heavy atom. The van der Waals surface area contributed by atoms with Gasteiger partial charge >= 0.3 is 0 Å². The van der Waals surface area contributed by atoms with Crippen LogP contribution in [0.4, 0.5) is 11.5 Å². The van der Waals surface area contributed by atoms with Crippen molar-refractivity contribution in [2.45, 2.75) is 25.7 Å². The first-order valence-electron chi connectivity index (χ1n) is 8.54. The lowest BCUT2D eigenvalue weighted by Crippen LogP contribution is -2.26. The van der Waals surface area contributed by atoms with Crippen molar-refractivity contribution >= 4 is 29.0 Å². The van der Waals surface area contributed by atoms with Gasteiger partial charge in [-0.2, -0.15) is 0 Å². The highest BCUT2D eigenvalue weighted by molar-refractivity contribution is 6.32. The maximum absolute atomic E-state index is 12.5. The molecule has 0 saturated carbocycles. The van der Waals surface area contributed by atoms with Crippen LogP contribution in [0.3, 0.4) is 0 Å². The quantitative estimate of drug-likeness (QED) is 0.880. The Bertz CT molecular complexity index is 743. The Morgan fingerprint density at radius 3 is 2.60 bits per heavy atom. The number of halogens is 1. The number of nitrogens with zero attached hydrogens (tertiary/aromatic N) is 2. The van der Waals surface area contributed by atoms with Crippen molar-refractivity contribution in [2.75, 3.05) is 30.4 Å². The van der Waals surface area contributed by atoms with Gasteiger partial charge in [0.05, 0.1) is 12.1 Å². The van der Waals surface area contributed by atoms with Crippen molar-refractivity contribution in [2.24, 2.45) is 0 Å². The second-order valence-electron chi connectivity index (χ2n) is 6.09. The van der Waals surface area contributed by atoms with Gasteiger partial charge in [-0.3, -0.25) is 4.79 Å². The van der Waals surface area contributed by atoms with E-state index in [1.165, 1.54) is 25.7 Å². The highest BCUT2D eigenvalue weighted by atomic mass is 35.5. The molecule has 0 bridgehead atoms. The average Bonchev–Trinajstić information content (AvgIpc) is 2.91. The molecule has 3 rings (SSSR count). The van der Waals surface area contributed by atoms with Gasteiger partial charge in [0.2, 0.25) is 0 Å². The summed E-state index contributed by atoms with van der Waals surface area (Å²) in [4.78, 5) is 19.3. The molecule has 6 heteroatoms. The van der Waals surface area contributed by atoms with Crippen LogP contribution in [0.25, 0.3) is 0 Å². The summed E-state index contributed by atoms with van der Waals surface area (Å²) < 4.78 is 5.12. The van der Waals surface area contributed by atoms with Crippen molar-refractivity contribution < 1.29 is 9.53 Å². The number of methoxy groups -OCH3 is 1. The van der Waals surface area contributed by atoms with Gasteiger partial charge in [-0.1, -0.05) is 30.5 Å². The second-order valence-corrected chi connectivity index (χ2v) is 6.49. The van der Waals surface area contributed by atoms with E-state index in [9.17, 15) is 4.79 Å². The van der Waals surface area contributed by atoms with Gasteiger partial charge in [0.25, 0.3) is 5.91 Å². The van der Waals surface area contributed by atoms with Crippen molar-refractivity contribution in [1.82, 2.24) is 4.98 Å². The smallest absolute Gasteiger partial charge is 0.274 e. The molecule has 1 aliphatic rings. The van der Waals surface area contributed by atoms with E-state index in [4.69, 9.17) is 16.3 Å². The molecule has 1 aliphatic heterocycles. The summed E-state index contributed by atoms with van der Waals surface area (Å²) in [7, 11) is 1.55. The zero-order chi connectivity index (χ0) is 17.6. The molecule has 1 aromatic heterocycles. The number of rotatable bonds is 4. The van der Waals surface area contributed by atoms with E-state index in [-0.39, 0.29) is 5.91 Å². The van der Waals surface area contributed by atoms with E-state index >= 15 is 0 Å². The number of hydrogen-bond donors (Lipinski definition) is 1. The lowest BCUT2D eigenvalue weighted by molar-refractivity contribution is 0.102. The maximum Gasteiger partial charge on any atom is 0.274 e. The van der Waals surface area contributed by atoms with Crippen LogP contribution in [0, 0.1) is 0 Å². The van der Waals surface area contributed by atoms with E-state index < -0.39 is 0 Å². The van der Waals surface area contributed by atoms with Gasteiger partial charge in [-0.05, 0) is 43.2 Å². The highest BCUT2D eigenvalue weighted by Gasteiger charge is 2.14. The summed E-state index contributed by atoms with van der Waals surface area (Å²) in [6.07, 6.45) is 4.86. The first kappa shape index (κ1) is 17.5. The first-order valence-corrected chi connectivity index (χ1v) is 8.92. The molecule has 0 atom stereocenters. The summed E-state index contributed by atoms with van der Waals surface area (Å²) in [6, 6.07) is 10.7. The number of carbonyl (C=O) groups excluding carboxylic acids is 1. The minimum atomic E-state index is -0.252. The topological polar surface area (TPSA) is 54.5 Å². The number of hydrogen-bond acceptors (Lipinski definition) is 4. The molecule has 25 heavy (non-hydrogen) atoms. The van der Waals surface area contributed by atoms with E-state index in [2.05, 4.69) is 15.2 Å². The molecular weight excluding hydrogens is 338 g/mol. The molecule has 1 fully saturated rings. The Balaban J connectivity index is 1.73. The maximum atomic E-state index is 12.5. The number of pyridine rings is 1. The number of aromatic nitrogens is 1. The molecule has 132 valence electrons. The Morgan fingerprint density at radius 1 is 1.16 bits per heavy atom. The normalized spacial score (nSPS) is 14.7. The Kier molecular flexibility index (Phi) is 5.76. The molecule has 5 nitrogen and oxygen atoms in total. The van der Waals surface area contributed by atoms with Gasteiger partial charge in [-0.15, -0.1) is 0 Å². The SMILES string of the molecule is COc1ccc(NC(=O)c2cccc(N3CCCCCC3)n2)cc1Cl. The first-order chi connectivity index (χ1) is 12.2. The van der Waals surface area contributed by atoms with Crippen LogP contribution in [0.1, 0.15) is 36.2 Å². The third-order valence-corrected chi connectivity index (χ3v) is 4.60. The van der Waals surface area contributed by atoms with Gasteiger partial charge < -0.3 is 15.0 Å². The van der Waals surface area contributed by atoms with Gasteiger partial charge in [0.1, 0.15) is 17.3 Å². The molecule has 0 radical (unpaired) electrons. The predicted molar refractivity (Wildman–Crippen MR) is 101 cm³/mol.